The summed E-state index contributed by atoms with van der Waals surface area (Å²) in [6.07, 6.45) is 0.375. The van der Waals surface area contributed by atoms with Crippen LogP contribution < -0.4 is 5.01 Å². The molecule has 2 aromatic carbocycles. The number of benzene rings is 2. The fraction of sp³-hybridized carbons (Fsp3) is 0.286. The Kier molecular flexibility index (Phi) is 4.30. The Balaban J connectivity index is 1.85. The monoisotopic (exact) mass is 380 g/mol. The van der Waals surface area contributed by atoms with Gasteiger partial charge in [-0.3, -0.25) is 14.6 Å². The molecule has 3 aliphatic rings. The van der Waals surface area contributed by atoms with Gasteiger partial charge >= 0.3 is 11.9 Å². The molecule has 3 aliphatic carbocycles. The van der Waals surface area contributed by atoms with Crippen molar-refractivity contribution in [3.8, 4) is 5.75 Å². The number of phenolic OH excluding ortho intramolecular Hbond substituents is 1. The number of rotatable bonds is 4. The Bertz CT molecular complexity index is 972. The van der Waals surface area contributed by atoms with E-state index < -0.39 is 35.6 Å². The van der Waals surface area contributed by atoms with Crippen LogP contribution in [0.5, 0.6) is 5.75 Å². The van der Waals surface area contributed by atoms with E-state index in [1.54, 1.807) is 18.1 Å². The zero-order chi connectivity index (χ0) is 20.0. The molecule has 0 radical (unpaired) electrons. The van der Waals surface area contributed by atoms with Gasteiger partial charge in [-0.15, -0.1) is 0 Å². The summed E-state index contributed by atoms with van der Waals surface area (Å²) in [6, 6.07) is 14.2. The van der Waals surface area contributed by atoms with Gasteiger partial charge < -0.3 is 15.3 Å². The maximum Gasteiger partial charge on any atom is 0.308 e. The van der Waals surface area contributed by atoms with Gasteiger partial charge in [-0.2, -0.15) is 5.10 Å². The molecule has 0 aliphatic heterocycles. The summed E-state index contributed by atoms with van der Waals surface area (Å²) in [7, 11) is 1.78. The Morgan fingerprint density at radius 3 is 2.32 bits per heavy atom. The lowest BCUT2D eigenvalue weighted by atomic mass is 9.55. The van der Waals surface area contributed by atoms with E-state index in [2.05, 4.69) is 5.10 Å². The van der Waals surface area contributed by atoms with Crippen molar-refractivity contribution in [3.05, 3.63) is 59.7 Å². The zero-order valence-corrected chi connectivity index (χ0v) is 15.2. The lowest BCUT2D eigenvalue weighted by Crippen LogP contribution is -2.50. The minimum Gasteiger partial charge on any atom is -0.508 e. The van der Waals surface area contributed by atoms with E-state index in [1.165, 1.54) is 12.1 Å². The average Bonchev–Trinajstić information content (AvgIpc) is 2.67. The molecule has 4 atom stereocenters. The SMILES string of the molecule is CN(N=C1CC2c3ccc(O)cc3C1C(C(=O)O)C2C(=O)O)c1ccccc1. The maximum absolute atomic E-state index is 12.1. The number of aromatic hydroxyl groups is 1. The topological polar surface area (TPSA) is 110 Å². The van der Waals surface area contributed by atoms with Crippen molar-refractivity contribution in [1.82, 2.24) is 0 Å². The van der Waals surface area contributed by atoms with Gasteiger partial charge in [-0.25, -0.2) is 0 Å². The number of aliphatic carboxylic acids is 2. The minimum absolute atomic E-state index is 0.0260. The van der Waals surface area contributed by atoms with Crippen LogP contribution in [-0.4, -0.2) is 40.0 Å². The lowest BCUT2D eigenvalue weighted by Gasteiger charge is -2.47. The Hall–Kier alpha value is -3.35. The molecule has 0 heterocycles. The van der Waals surface area contributed by atoms with E-state index in [-0.39, 0.29) is 5.75 Å². The molecule has 0 aromatic heterocycles. The molecular formula is C21H20N2O5. The smallest absolute Gasteiger partial charge is 0.308 e. The van der Waals surface area contributed by atoms with E-state index in [4.69, 9.17) is 0 Å². The van der Waals surface area contributed by atoms with Gasteiger partial charge in [0.15, 0.2) is 0 Å². The molecule has 3 N–H and O–H groups in total. The molecule has 2 aromatic rings. The van der Waals surface area contributed by atoms with Crippen LogP contribution in [-0.2, 0) is 9.59 Å². The van der Waals surface area contributed by atoms with Gasteiger partial charge in [0.2, 0.25) is 0 Å². The first-order chi connectivity index (χ1) is 13.4. The third-order valence-electron chi connectivity index (χ3n) is 5.75. The van der Waals surface area contributed by atoms with Crippen LogP contribution in [0.2, 0.25) is 0 Å². The largest absolute Gasteiger partial charge is 0.508 e. The van der Waals surface area contributed by atoms with Gasteiger partial charge in [-0.1, -0.05) is 24.3 Å². The number of fused-ring (bicyclic) bond motifs is 2. The number of anilines is 1. The predicted octanol–water partition coefficient (Wildman–Crippen LogP) is 2.87. The molecule has 1 fully saturated rings. The molecule has 7 nitrogen and oxygen atoms in total. The molecule has 4 unspecified atom stereocenters. The van der Waals surface area contributed by atoms with Crippen molar-refractivity contribution in [3.63, 3.8) is 0 Å². The van der Waals surface area contributed by atoms with Crippen molar-refractivity contribution in [2.75, 3.05) is 12.1 Å². The lowest BCUT2D eigenvalue weighted by molar-refractivity contribution is -0.156. The number of hydrogen-bond donors (Lipinski definition) is 3. The standard InChI is InChI=1S/C21H20N2O5/c1-23(11-5-3-2-4-6-11)22-16-10-15-13-8-7-12(24)9-14(13)17(16)19(21(27)28)18(15)20(25)26/h2-9,15,17-19,24H,10H2,1H3,(H,25,26)(H,27,28). The van der Waals surface area contributed by atoms with Crippen LogP contribution in [0.3, 0.4) is 0 Å². The van der Waals surface area contributed by atoms with Crippen LogP contribution in [0.1, 0.15) is 29.4 Å². The van der Waals surface area contributed by atoms with Crippen LogP contribution in [0.4, 0.5) is 5.69 Å². The van der Waals surface area contributed by atoms with Gasteiger partial charge in [0.1, 0.15) is 5.75 Å². The van der Waals surface area contributed by atoms with Crippen LogP contribution in [0, 0.1) is 11.8 Å². The maximum atomic E-state index is 12.1. The van der Waals surface area contributed by atoms with Crippen molar-refractivity contribution < 1.29 is 24.9 Å². The van der Waals surface area contributed by atoms with E-state index in [0.717, 1.165) is 11.3 Å². The highest BCUT2D eigenvalue weighted by atomic mass is 16.4. The quantitative estimate of drug-likeness (QED) is 0.704. The number of nitrogens with zero attached hydrogens (tertiary/aromatic N) is 2. The van der Waals surface area contributed by atoms with E-state index in [1.807, 2.05) is 30.3 Å². The first-order valence-electron chi connectivity index (χ1n) is 9.03. The molecule has 28 heavy (non-hydrogen) atoms. The van der Waals surface area contributed by atoms with Crippen LogP contribution in [0.15, 0.2) is 53.6 Å². The van der Waals surface area contributed by atoms with Gasteiger partial charge in [0.25, 0.3) is 0 Å². The molecule has 0 spiro atoms. The molecule has 2 bridgehead atoms. The summed E-state index contributed by atoms with van der Waals surface area (Å²) in [6.45, 7) is 0. The predicted molar refractivity (Wildman–Crippen MR) is 103 cm³/mol. The number of hydrazone groups is 1. The van der Waals surface area contributed by atoms with E-state index >= 15 is 0 Å². The normalized spacial score (nSPS) is 26.7. The number of carboxylic acid groups (broad SMARTS) is 2. The third kappa shape index (κ3) is 2.79. The van der Waals surface area contributed by atoms with Gasteiger partial charge in [-0.05, 0) is 41.8 Å². The highest BCUT2D eigenvalue weighted by Gasteiger charge is 2.56. The minimum atomic E-state index is -1.16. The number of carbonyl (C=O) groups is 2. The van der Waals surface area contributed by atoms with Crippen LogP contribution >= 0.6 is 0 Å². The highest BCUT2D eigenvalue weighted by molar-refractivity contribution is 6.02. The molecule has 0 amide bonds. The van der Waals surface area contributed by atoms with E-state index in [9.17, 15) is 24.9 Å². The number of para-hydroxylation sites is 1. The second-order valence-electron chi connectivity index (χ2n) is 7.28. The van der Waals surface area contributed by atoms with Crippen LogP contribution in [0.25, 0.3) is 0 Å². The second-order valence-corrected chi connectivity index (χ2v) is 7.28. The molecule has 7 heteroatoms. The fourth-order valence-corrected chi connectivity index (χ4v) is 4.61. The summed E-state index contributed by atoms with van der Waals surface area (Å²) in [5, 5.41) is 35.9. The summed E-state index contributed by atoms with van der Waals surface area (Å²) < 4.78 is 0. The summed E-state index contributed by atoms with van der Waals surface area (Å²) in [5.41, 5.74) is 2.91. The first kappa shape index (κ1) is 18.0. The molecule has 5 rings (SSSR count). The Morgan fingerprint density at radius 1 is 1.00 bits per heavy atom. The number of phenols is 1. The molecule has 0 saturated heterocycles. The first-order valence-corrected chi connectivity index (χ1v) is 9.03. The summed E-state index contributed by atoms with van der Waals surface area (Å²) >= 11 is 0. The third-order valence-corrected chi connectivity index (χ3v) is 5.75. The van der Waals surface area contributed by atoms with Crippen molar-refractivity contribution in [2.45, 2.75) is 18.3 Å². The van der Waals surface area contributed by atoms with Crippen molar-refractivity contribution in [2.24, 2.45) is 16.9 Å². The Morgan fingerprint density at radius 2 is 1.68 bits per heavy atom. The number of hydrogen-bond acceptors (Lipinski definition) is 5. The van der Waals surface area contributed by atoms with E-state index in [0.29, 0.717) is 17.7 Å². The fourth-order valence-electron chi connectivity index (χ4n) is 4.61. The molecule has 1 saturated carbocycles. The van der Waals surface area contributed by atoms with Crippen molar-refractivity contribution in [1.29, 1.82) is 0 Å². The molecule has 144 valence electrons. The van der Waals surface area contributed by atoms with Crippen molar-refractivity contribution >= 4 is 23.3 Å². The summed E-state index contributed by atoms with van der Waals surface area (Å²) in [4.78, 5) is 24.0. The average molecular weight is 380 g/mol. The summed E-state index contributed by atoms with van der Waals surface area (Å²) in [5.74, 6) is -5.60. The number of carboxylic acids is 2. The highest BCUT2D eigenvalue weighted by Crippen LogP contribution is 2.55. The second kappa shape index (κ2) is 6.67. The zero-order valence-electron chi connectivity index (χ0n) is 15.2. The van der Waals surface area contributed by atoms with Gasteiger partial charge in [0.05, 0.1) is 17.5 Å². The Labute approximate surface area is 161 Å². The van der Waals surface area contributed by atoms with Gasteiger partial charge in [0, 0.05) is 24.6 Å². The molecular weight excluding hydrogens is 360 g/mol.